The molecule has 1 atom stereocenters. The average Bonchev–Trinajstić information content (AvgIpc) is 3.69. The van der Waals surface area contributed by atoms with Gasteiger partial charge in [-0.25, -0.2) is 18.9 Å². The lowest BCUT2D eigenvalue weighted by Crippen LogP contribution is -2.54. The molecule has 4 aromatic heterocycles. The Morgan fingerprint density at radius 2 is 1.86 bits per heavy atom. The summed E-state index contributed by atoms with van der Waals surface area (Å²) in [6.45, 7) is 9.61. The van der Waals surface area contributed by atoms with E-state index in [4.69, 9.17) is 14.7 Å². The number of thiophene rings is 1. The standard InChI is InChI=1S/C33H35FN6O2S.CH4/c1-4-38(5-2)22(3)8-13-30(41)23-17-29(27-19-35-40-15-14-28(37-33(27)40)31-7-6-16-43-31)36-32(18-23)39-20-26(21-39)42-25-11-9-24(34)10-12-25;/h6-7,9-12,14-19,22,26H,4-5,8,13,20-21H2,1-3H3;1H4/t22-;/m0./s1. The number of halogens is 1. The molecule has 0 saturated carbocycles. The van der Waals surface area contributed by atoms with Crippen LogP contribution in [0.2, 0.25) is 0 Å². The van der Waals surface area contributed by atoms with Crippen molar-refractivity contribution in [1.29, 1.82) is 0 Å². The van der Waals surface area contributed by atoms with Crippen LogP contribution >= 0.6 is 11.3 Å². The van der Waals surface area contributed by atoms with Gasteiger partial charge in [0.2, 0.25) is 0 Å². The molecule has 0 N–H and O–H groups in total. The molecule has 1 aromatic carbocycles. The third-order valence-electron chi connectivity index (χ3n) is 8.07. The Kier molecular flexibility index (Phi) is 9.71. The third kappa shape index (κ3) is 6.66. The van der Waals surface area contributed by atoms with Crippen molar-refractivity contribution in [3.63, 3.8) is 0 Å². The molecule has 0 bridgehead atoms. The second-order valence-corrected chi connectivity index (χ2v) is 11.8. The highest BCUT2D eigenvalue weighted by Crippen LogP contribution is 2.31. The number of hydrogen-bond donors (Lipinski definition) is 0. The van der Waals surface area contributed by atoms with Gasteiger partial charge in [-0.3, -0.25) is 4.79 Å². The lowest BCUT2D eigenvalue weighted by molar-refractivity contribution is 0.0964. The van der Waals surface area contributed by atoms with Crippen LogP contribution in [0.1, 0.15) is 51.4 Å². The molecule has 8 nitrogen and oxygen atoms in total. The van der Waals surface area contributed by atoms with Gasteiger partial charge in [-0.15, -0.1) is 11.3 Å². The second-order valence-electron chi connectivity index (χ2n) is 10.8. The SMILES string of the molecule is C.CCN(CC)[C@@H](C)CCC(=O)c1cc(-c2cnn3ccc(-c4cccs4)nc23)nc(N2CC(Oc3ccc(F)cc3)C2)c1. The van der Waals surface area contributed by atoms with Gasteiger partial charge in [-0.2, -0.15) is 5.10 Å². The molecule has 5 heterocycles. The molecule has 5 aromatic rings. The summed E-state index contributed by atoms with van der Waals surface area (Å²) in [6.07, 6.45) is 4.84. The Morgan fingerprint density at radius 3 is 2.57 bits per heavy atom. The van der Waals surface area contributed by atoms with Gasteiger partial charge in [0.15, 0.2) is 11.4 Å². The van der Waals surface area contributed by atoms with E-state index in [1.807, 2.05) is 41.9 Å². The molecule has 0 radical (unpaired) electrons. The maximum absolute atomic E-state index is 13.6. The fraction of sp³-hybridized carbons (Fsp3) is 0.353. The Bertz CT molecular complexity index is 1700. The zero-order valence-corrected chi connectivity index (χ0v) is 25.4. The molecule has 230 valence electrons. The number of ketones is 1. The topological polar surface area (TPSA) is 75.9 Å². The van der Waals surface area contributed by atoms with E-state index in [-0.39, 0.29) is 25.1 Å². The normalized spacial score (nSPS) is 14.0. The zero-order valence-electron chi connectivity index (χ0n) is 24.6. The van der Waals surface area contributed by atoms with E-state index < -0.39 is 0 Å². The minimum Gasteiger partial charge on any atom is -0.487 e. The molecule has 44 heavy (non-hydrogen) atoms. The largest absolute Gasteiger partial charge is 0.487 e. The molecular weight excluding hydrogens is 575 g/mol. The molecule has 6 rings (SSSR count). The van der Waals surface area contributed by atoms with Gasteiger partial charge in [0.05, 0.1) is 41.1 Å². The molecule has 10 heteroatoms. The first-order valence-electron chi connectivity index (χ1n) is 14.8. The van der Waals surface area contributed by atoms with Crippen LogP contribution in [-0.4, -0.2) is 68.6 Å². The first-order chi connectivity index (χ1) is 20.9. The second kappa shape index (κ2) is 13.7. The van der Waals surface area contributed by atoms with Crippen LogP contribution in [0.25, 0.3) is 27.5 Å². The maximum atomic E-state index is 13.6. The number of carbonyl (C=O) groups excluding carboxylic acids is 1. The highest BCUT2D eigenvalue weighted by Gasteiger charge is 2.31. The Balaban J connectivity index is 0.00000384. The molecule has 0 aliphatic carbocycles. The van der Waals surface area contributed by atoms with E-state index in [0.717, 1.165) is 35.6 Å². The number of ether oxygens (including phenoxy) is 1. The molecule has 0 unspecified atom stereocenters. The van der Waals surface area contributed by atoms with Crippen molar-refractivity contribution >= 4 is 28.6 Å². The van der Waals surface area contributed by atoms with Crippen molar-refractivity contribution in [1.82, 2.24) is 24.5 Å². The fourth-order valence-corrected chi connectivity index (χ4v) is 6.20. The van der Waals surface area contributed by atoms with E-state index in [0.29, 0.717) is 54.0 Å². The summed E-state index contributed by atoms with van der Waals surface area (Å²) in [5.74, 6) is 1.14. The monoisotopic (exact) mass is 614 g/mol. The van der Waals surface area contributed by atoms with Crippen LogP contribution in [-0.2, 0) is 0 Å². The predicted molar refractivity (Wildman–Crippen MR) is 175 cm³/mol. The maximum Gasteiger partial charge on any atom is 0.165 e. The summed E-state index contributed by atoms with van der Waals surface area (Å²) in [5, 5.41) is 6.56. The van der Waals surface area contributed by atoms with Gasteiger partial charge in [-0.1, -0.05) is 27.3 Å². The fourth-order valence-electron chi connectivity index (χ4n) is 5.51. The number of aromatic nitrogens is 4. The minimum atomic E-state index is -0.294. The first kappa shape index (κ1) is 31.3. The number of nitrogens with zero attached hydrogens (tertiary/aromatic N) is 6. The van der Waals surface area contributed by atoms with Crippen LogP contribution in [0.3, 0.4) is 0 Å². The van der Waals surface area contributed by atoms with E-state index in [1.54, 1.807) is 34.2 Å². The number of fused-ring (bicyclic) bond motifs is 1. The van der Waals surface area contributed by atoms with E-state index in [9.17, 15) is 9.18 Å². The van der Waals surface area contributed by atoms with E-state index in [1.165, 1.54) is 12.1 Å². The molecule has 1 fully saturated rings. The number of Topliss-reactive ketones (excluding diaryl/α,β-unsaturated/α-hetero) is 1. The van der Waals surface area contributed by atoms with Crippen molar-refractivity contribution in [3.8, 4) is 27.6 Å². The summed E-state index contributed by atoms with van der Waals surface area (Å²) < 4.78 is 21.1. The van der Waals surface area contributed by atoms with Gasteiger partial charge < -0.3 is 14.5 Å². The van der Waals surface area contributed by atoms with Gasteiger partial charge in [0.25, 0.3) is 0 Å². The number of hydrogen-bond acceptors (Lipinski definition) is 8. The summed E-state index contributed by atoms with van der Waals surface area (Å²) in [7, 11) is 0. The van der Waals surface area contributed by atoms with Crippen molar-refractivity contribution in [3.05, 3.63) is 83.8 Å². The summed E-state index contributed by atoms with van der Waals surface area (Å²) in [4.78, 5) is 29.1. The Morgan fingerprint density at radius 1 is 1.09 bits per heavy atom. The van der Waals surface area contributed by atoms with Crippen LogP contribution in [0.15, 0.2) is 72.4 Å². The number of pyridine rings is 1. The third-order valence-corrected chi connectivity index (χ3v) is 8.96. The lowest BCUT2D eigenvalue weighted by atomic mass is 10.0. The van der Waals surface area contributed by atoms with Crippen LogP contribution in [0.4, 0.5) is 10.2 Å². The quantitative estimate of drug-likeness (QED) is 0.137. The highest BCUT2D eigenvalue weighted by molar-refractivity contribution is 7.13. The summed E-state index contributed by atoms with van der Waals surface area (Å²) in [6, 6.07) is 16.1. The van der Waals surface area contributed by atoms with Gasteiger partial charge in [0.1, 0.15) is 23.5 Å². The number of anilines is 1. The number of benzene rings is 1. The summed E-state index contributed by atoms with van der Waals surface area (Å²) in [5.41, 5.74) is 3.61. The van der Waals surface area contributed by atoms with Crippen molar-refractivity contribution in [2.24, 2.45) is 0 Å². The number of carbonyl (C=O) groups is 1. The highest BCUT2D eigenvalue weighted by atomic mass is 32.1. The van der Waals surface area contributed by atoms with Crippen molar-refractivity contribution < 1.29 is 13.9 Å². The minimum absolute atomic E-state index is 0. The zero-order chi connectivity index (χ0) is 29.9. The lowest BCUT2D eigenvalue weighted by Gasteiger charge is -2.40. The molecule has 1 aliphatic rings. The molecular formula is C34H39FN6O2S. The van der Waals surface area contributed by atoms with Gasteiger partial charge >= 0.3 is 0 Å². The molecule has 0 amide bonds. The molecule has 0 spiro atoms. The van der Waals surface area contributed by atoms with Crippen molar-refractivity contribution in [2.75, 3.05) is 31.1 Å². The first-order valence-corrected chi connectivity index (χ1v) is 15.6. The molecule has 1 saturated heterocycles. The van der Waals surface area contributed by atoms with Crippen LogP contribution in [0, 0.1) is 5.82 Å². The van der Waals surface area contributed by atoms with Crippen LogP contribution in [0.5, 0.6) is 5.75 Å². The predicted octanol–water partition coefficient (Wildman–Crippen LogP) is 7.26. The smallest absolute Gasteiger partial charge is 0.165 e. The van der Waals surface area contributed by atoms with E-state index in [2.05, 4.69) is 35.7 Å². The van der Waals surface area contributed by atoms with E-state index >= 15 is 0 Å². The Hall–Kier alpha value is -4.15. The molecule has 1 aliphatic heterocycles. The van der Waals surface area contributed by atoms with Crippen molar-refractivity contribution in [2.45, 2.75) is 53.2 Å². The van der Waals surface area contributed by atoms with Crippen LogP contribution < -0.4 is 9.64 Å². The summed E-state index contributed by atoms with van der Waals surface area (Å²) >= 11 is 1.63. The average molecular weight is 615 g/mol. The number of rotatable bonds is 12. The van der Waals surface area contributed by atoms with Gasteiger partial charge in [0, 0.05) is 24.2 Å². The van der Waals surface area contributed by atoms with Gasteiger partial charge in [-0.05, 0) is 80.3 Å². The Labute approximate surface area is 262 Å².